The van der Waals surface area contributed by atoms with Crippen molar-refractivity contribution in [1.29, 1.82) is 0 Å². The summed E-state index contributed by atoms with van der Waals surface area (Å²) in [7, 11) is 0. The maximum Gasteiger partial charge on any atom is 0.247 e. The average Bonchev–Trinajstić information content (AvgIpc) is 2.82. The molecule has 1 aromatic rings. The first kappa shape index (κ1) is 24.5. The van der Waals surface area contributed by atoms with E-state index in [-0.39, 0.29) is 17.4 Å². The molecule has 2 amide bonds. The van der Waals surface area contributed by atoms with Gasteiger partial charge in [0.05, 0.1) is 17.3 Å². The van der Waals surface area contributed by atoms with Crippen molar-refractivity contribution in [2.45, 2.75) is 56.7 Å². The zero-order valence-electron chi connectivity index (χ0n) is 19.2. The molecule has 0 spiro atoms. The fraction of sp³-hybridized carbons (Fsp3) is 0.385. The van der Waals surface area contributed by atoms with E-state index in [1.165, 1.54) is 0 Å². The van der Waals surface area contributed by atoms with Crippen LogP contribution in [0.15, 0.2) is 78.2 Å². The van der Waals surface area contributed by atoms with Gasteiger partial charge in [-0.25, -0.2) is 0 Å². The van der Waals surface area contributed by atoms with Gasteiger partial charge in [-0.2, -0.15) is 0 Å². The first-order valence-corrected chi connectivity index (χ1v) is 11.6. The summed E-state index contributed by atoms with van der Waals surface area (Å²) < 4.78 is 0. The van der Waals surface area contributed by atoms with Crippen LogP contribution in [0.4, 0.5) is 0 Å². The second-order valence-electron chi connectivity index (χ2n) is 8.73. The second-order valence-corrected chi connectivity index (χ2v) is 8.73. The van der Waals surface area contributed by atoms with Crippen molar-refractivity contribution in [2.24, 2.45) is 11.5 Å². The van der Waals surface area contributed by atoms with E-state index in [4.69, 9.17) is 11.5 Å². The van der Waals surface area contributed by atoms with Crippen LogP contribution < -0.4 is 27.4 Å². The number of hydrogen-bond acceptors (Lipinski definition) is 5. The third-order valence-corrected chi connectivity index (χ3v) is 6.03. The van der Waals surface area contributed by atoms with Crippen LogP contribution in [0.1, 0.15) is 38.2 Å². The number of hydrogen-bond donors (Lipinski definition) is 5. The number of nitrogens with one attached hydrogen (secondary N) is 3. The highest BCUT2D eigenvalue weighted by Gasteiger charge is 2.29. The number of benzene rings is 1. The van der Waals surface area contributed by atoms with E-state index in [9.17, 15) is 9.59 Å². The minimum absolute atomic E-state index is 0.266. The summed E-state index contributed by atoms with van der Waals surface area (Å²) in [6.45, 7) is 2.64. The Morgan fingerprint density at radius 2 is 1.88 bits per heavy atom. The molecule has 7 N–H and O–H groups in total. The molecule has 0 bridgehead atoms. The Morgan fingerprint density at radius 3 is 2.64 bits per heavy atom. The van der Waals surface area contributed by atoms with Crippen LogP contribution in [0.3, 0.4) is 0 Å². The minimum Gasteiger partial charge on any atom is -0.377 e. The van der Waals surface area contributed by atoms with Gasteiger partial charge in [-0.05, 0) is 56.4 Å². The van der Waals surface area contributed by atoms with Gasteiger partial charge in [-0.1, -0.05) is 61.1 Å². The third-order valence-electron chi connectivity index (χ3n) is 6.03. The largest absolute Gasteiger partial charge is 0.377 e. The molecule has 1 aromatic carbocycles. The SMILES string of the molecule is CC12C=CC=CC1=CC(NC(=O)[C@@H](CCc1ccccc1)NC(=O)[C@@H](N)CCCCN)=CN2. The van der Waals surface area contributed by atoms with Gasteiger partial charge >= 0.3 is 0 Å². The van der Waals surface area contributed by atoms with Crippen LogP contribution in [-0.2, 0) is 16.0 Å². The van der Waals surface area contributed by atoms with Crippen LogP contribution in [0, 0.1) is 0 Å². The van der Waals surface area contributed by atoms with Crippen molar-refractivity contribution in [3.05, 3.63) is 83.7 Å². The molecule has 1 aliphatic carbocycles. The lowest BCUT2D eigenvalue weighted by Gasteiger charge is -2.34. The summed E-state index contributed by atoms with van der Waals surface area (Å²) >= 11 is 0. The lowest BCUT2D eigenvalue weighted by atomic mass is 9.85. The fourth-order valence-corrected chi connectivity index (χ4v) is 3.89. The number of unbranched alkanes of at least 4 members (excludes halogenated alkanes) is 1. The highest BCUT2D eigenvalue weighted by molar-refractivity contribution is 5.90. The normalized spacial score (nSPS) is 20.6. The molecule has 33 heavy (non-hydrogen) atoms. The summed E-state index contributed by atoms with van der Waals surface area (Å²) in [5.41, 5.74) is 14.1. The number of allylic oxidation sites excluding steroid dienone is 3. The highest BCUT2D eigenvalue weighted by atomic mass is 16.2. The number of carbonyl (C=O) groups excluding carboxylic acids is 2. The molecule has 0 saturated carbocycles. The van der Waals surface area contributed by atoms with Crippen LogP contribution in [0.5, 0.6) is 0 Å². The molecule has 176 valence electrons. The van der Waals surface area contributed by atoms with Gasteiger partial charge in [0.25, 0.3) is 0 Å². The van der Waals surface area contributed by atoms with Gasteiger partial charge in [0, 0.05) is 6.20 Å². The molecular formula is C26H35N5O2. The predicted octanol–water partition coefficient (Wildman–Crippen LogP) is 1.93. The molecule has 7 heteroatoms. The van der Waals surface area contributed by atoms with Crippen molar-refractivity contribution in [3.8, 4) is 0 Å². The first-order valence-electron chi connectivity index (χ1n) is 11.6. The van der Waals surface area contributed by atoms with Crippen LogP contribution in [0.25, 0.3) is 0 Å². The van der Waals surface area contributed by atoms with Gasteiger partial charge in [0.2, 0.25) is 11.8 Å². The average molecular weight is 450 g/mol. The Labute approximate surface area is 196 Å². The van der Waals surface area contributed by atoms with E-state index in [0.717, 1.165) is 24.0 Å². The summed E-state index contributed by atoms with van der Waals surface area (Å²) in [6.07, 6.45) is 15.0. The summed E-state index contributed by atoms with van der Waals surface area (Å²) in [5.74, 6) is -0.584. The van der Waals surface area contributed by atoms with Crippen molar-refractivity contribution in [2.75, 3.05) is 6.54 Å². The van der Waals surface area contributed by atoms with Crippen molar-refractivity contribution >= 4 is 11.8 Å². The number of aryl methyl sites for hydroxylation is 1. The lowest BCUT2D eigenvalue weighted by Crippen LogP contribution is -2.52. The molecule has 2 aliphatic rings. The van der Waals surface area contributed by atoms with E-state index in [1.807, 2.05) is 54.6 Å². The van der Waals surface area contributed by atoms with Crippen molar-refractivity contribution in [3.63, 3.8) is 0 Å². The molecule has 3 rings (SSSR count). The van der Waals surface area contributed by atoms with Gasteiger partial charge < -0.3 is 27.4 Å². The molecule has 1 heterocycles. The summed E-state index contributed by atoms with van der Waals surface area (Å²) in [4.78, 5) is 25.9. The number of amides is 2. The quantitative estimate of drug-likeness (QED) is 0.331. The van der Waals surface area contributed by atoms with E-state index in [0.29, 0.717) is 31.5 Å². The molecule has 1 unspecified atom stereocenters. The number of nitrogens with two attached hydrogens (primary N) is 2. The monoisotopic (exact) mass is 449 g/mol. The van der Waals surface area contributed by atoms with E-state index < -0.39 is 12.1 Å². The van der Waals surface area contributed by atoms with Crippen molar-refractivity contribution < 1.29 is 9.59 Å². The lowest BCUT2D eigenvalue weighted by molar-refractivity contribution is -0.129. The molecule has 7 nitrogen and oxygen atoms in total. The zero-order valence-corrected chi connectivity index (χ0v) is 19.2. The Hall–Kier alpha value is -3.16. The zero-order chi connectivity index (χ0) is 23.7. The van der Waals surface area contributed by atoms with E-state index >= 15 is 0 Å². The molecule has 1 aliphatic heterocycles. The van der Waals surface area contributed by atoms with Crippen molar-refractivity contribution in [1.82, 2.24) is 16.0 Å². The maximum atomic E-state index is 13.2. The maximum absolute atomic E-state index is 13.2. The second kappa shape index (κ2) is 11.6. The first-order chi connectivity index (χ1) is 15.9. The van der Waals surface area contributed by atoms with Crippen LogP contribution in [0.2, 0.25) is 0 Å². The molecule has 0 saturated heterocycles. The minimum atomic E-state index is -0.701. The molecule has 0 radical (unpaired) electrons. The highest BCUT2D eigenvalue weighted by Crippen LogP contribution is 2.27. The summed E-state index contributed by atoms with van der Waals surface area (Å²) in [5, 5.41) is 9.16. The molecule has 0 fully saturated rings. The van der Waals surface area contributed by atoms with Crippen LogP contribution in [-0.4, -0.2) is 36.0 Å². The topological polar surface area (TPSA) is 122 Å². The number of rotatable bonds is 11. The summed E-state index contributed by atoms with van der Waals surface area (Å²) in [6, 6.07) is 8.53. The van der Waals surface area contributed by atoms with E-state index in [1.54, 1.807) is 6.20 Å². The smallest absolute Gasteiger partial charge is 0.247 e. The number of fused-ring (bicyclic) bond motifs is 1. The molecular weight excluding hydrogens is 414 g/mol. The Balaban J connectivity index is 1.66. The van der Waals surface area contributed by atoms with Gasteiger partial charge in [0.1, 0.15) is 6.04 Å². The molecule has 3 atom stereocenters. The third kappa shape index (κ3) is 6.91. The van der Waals surface area contributed by atoms with Gasteiger partial charge in [-0.3, -0.25) is 9.59 Å². The Morgan fingerprint density at radius 1 is 1.09 bits per heavy atom. The molecule has 0 aromatic heterocycles. The Kier molecular flexibility index (Phi) is 8.63. The van der Waals surface area contributed by atoms with Gasteiger partial charge in [0.15, 0.2) is 0 Å². The predicted molar refractivity (Wildman–Crippen MR) is 132 cm³/mol. The van der Waals surface area contributed by atoms with Crippen LogP contribution >= 0.6 is 0 Å². The fourth-order valence-electron chi connectivity index (χ4n) is 3.89. The Bertz CT molecular complexity index is 951. The standard InChI is InChI=1S/C26H35N5O2/c1-26-15-7-5-11-20(26)17-21(18-29-26)30-25(33)23(14-13-19-9-3-2-4-10-19)31-24(32)22(28)12-6-8-16-27/h2-5,7,9-11,15,17-18,22-23,29H,6,8,12-14,16,27-28H2,1H3,(H,30,33)(H,31,32)/t22-,23+,26?/m0/s1. The van der Waals surface area contributed by atoms with Gasteiger partial charge in [-0.15, -0.1) is 0 Å². The van der Waals surface area contributed by atoms with E-state index in [2.05, 4.69) is 29.0 Å². The number of carbonyl (C=O) groups is 2. The number of dihydropyridines is 1.